The Balaban J connectivity index is 2.73. The van der Waals surface area contributed by atoms with Gasteiger partial charge in [-0.2, -0.15) is 0 Å². The highest BCUT2D eigenvalue weighted by Crippen LogP contribution is 2.20. The van der Waals surface area contributed by atoms with Crippen molar-refractivity contribution in [3.63, 3.8) is 0 Å². The first-order valence-electron chi connectivity index (χ1n) is 5.29. The number of aryl methyl sites for hydroxylation is 1. The van der Waals surface area contributed by atoms with Gasteiger partial charge in [0.2, 0.25) is 0 Å². The molecule has 0 bridgehead atoms. The summed E-state index contributed by atoms with van der Waals surface area (Å²) in [6, 6.07) is 5.52. The zero-order chi connectivity index (χ0) is 13.5. The van der Waals surface area contributed by atoms with E-state index in [-0.39, 0.29) is 5.97 Å². The lowest BCUT2D eigenvalue weighted by molar-refractivity contribution is -0.140. The van der Waals surface area contributed by atoms with Gasteiger partial charge in [0.25, 0.3) is 0 Å². The fourth-order valence-electron chi connectivity index (χ4n) is 1.37. The third kappa shape index (κ3) is 4.71. The Bertz CT molecular complexity index is 480. The second-order valence-corrected chi connectivity index (χ2v) is 4.46. The second-order valence-electron chi connectivity index (χ2n) is 3.60. The van der Waals surface area contributed by atoms with Crippen LogP contribution >= 0.6 is 15.9 Å². The summed E-state index contributed by atoms with van der Waals surface area (Å²) in [6.45, 7) is 0. The van der Waals surface area contributed by atoms with Crippen LogP contribution in [0.3, 0.4) is 0 Å². The van der Waals surface area contributed by atoms with E-state index in [0.717, 1.165) is 21.7 Å². The molecule has 1 N–H and O–H groups in total. The van der Waals surface area contributed by atoms with Crippen LogP contribution in [-0.2, 0) is 20.7 Å². The van der Waals surface area contributed by atoms with Gasteiger partial charge in [-0.15, -0.1) is 0 Å². The molecule has 4 nitrogen and oxygen atoms in total. The smallest absolute Gasteiger partial charge is 0.328 e. The van der Waals surface area contributed by atoms with Gasteiger partial charge in [0.05, 0.1) is 7.11 Å². The largest absolute Gasteiger partial charge is 0.478 e. The second kappa shape index (κ2) is 6.96. The lowest BCUT2D eigenvalue weighted by Gasteiger charge is -2.04. The van der Waals surface area contributed by atoms with E-state index in [1.54, 1.807) is 6.07 Å². The van der Waals surface area contributed by atoms with E-state index in [4.69, 9.17) is 5.11 Å². The van der Waals surface area contributed by atoms with Gasteiger partial charge < -0.3 is 9.84 Å². The van der Waals surface area contributed by atoms with E-state index in [0.29, 0.717) is 12.8 Å². The molecular weight excluding hydrogens is 300 g/mol. The van der Waals surface area contributed by atoms with Crippen molar-refractivity contribution in [1.82, 2.24) is 0 Å². The lowest BCUT2D eigenvalue weighted by atomic mass is 10.1. The maximum atomic E-state index is 11.0. The van der Waals surface area contributed by atoms with Crippen LogP contribution in [0.4, 0.5) is 0 Å². The first kappa shape index (κ1) is 14.4. The minimum absolute atomic E-state index is 0.249. The van der Waals surface area contributed by atoms with Gasteiger partial charge in [0.1, 0.15) is 0 Å². The molecule has 0 aromatic heterocycles. The van der Waals surface area contributed by atoms with Crippen molar-refractivity contribution in [2.45, 2.75) is 12.8 Å². The van der Waals surface area contributed by atoms with Crippen LogP contribution < -0.4 is 0 Å². The molecule has 96 valence electrons. The number of aliphatic carboxylic acids is 1. The van der Waals surface area contributed by atoms with Gasteiger partial charge in [-0.25, -0.2) is 4.79 Å². The zero-order valence-electron chi connectivity index (χ0n) is 9.85. The predicted molar refractivity (Wildman–Crippen MR) is 71.1 cm³/mol. The number of carboxylic acids is 1. The number of carboxylic acid groups (broad SMARTS) is 1. The molecule has 18 heavy (non-hydrogen) atoms. The number of hydrogen-bond acceptors (Lipinski definition) is 3. The standard InChI is InChI=1S/C13H13BrO4/c1-18-13(17)7-3-9-2-4-10(11(14)8-9)5-6-12(15)16/h2,4-6,8H,3,7H2,1H3,(H,15,16)/b6-5+. The Labute approximate surface area is 113 Å². The van der Waals surface area contributed by atoms with Crippen molar-refractivity contribution in [3.8, 4) is 0 Å². The third-order valence-corrected chi connectivity index (χ3v) is 3.00. The summed E-state index contributed by atoms with van der Waals surface area (Å²) in [5.74, 6) is -1.24. The number of rotatable bonds is 5. The number of ether oxygens (including phenoxy) is 1. The summed E-state index contributed by atoms with van der Waals surface area (Å²) < 4.78 is 5.36. The molecule has 0 spiro atoms. The number of hydrogen-bond donors (Lipinski definition) is 1. The van der Waals surface area contributed by atoms with Gasteiger partial charge in [-0.3, -0.25) is 4.79 Å². The number of benzene rings is 1. The molecule has 1 rings (SSSR count). The van der Waals surface area contributed by atoms with Crippen molar-refractivity contribution < 1.29 is 19.4 Å². The molecule has 0 aliphatic carbocycles. The number of methoxy groups -OCH3 is 1. The lowest BCUT2D eigenvalue weighted by Crippen LogP contribution is -2.01. The van der Waals surface area contributed by atoms with E-state index < -0.39 is 5.97 Å². The normalized spacial score (nSPS) is 10.6. The number of carbonyl (C=O) groups is 2. The molecule has 0 amide bonds. The molecule has 0 aliphatic heterocycles. The third-order valence-electron chi connectivity index (χ3n) is 2.32. The van der Waals surface area contributed by atoms with Crippen molar-refractivity contribution >= 4 is 33.9 Å². The molecule has 0 unspecified atom stereocenters. The molecule has 1 aromatic rings. The average molecular weight is 313 g/mol. The highest BCUT2D eigenvalue weighted by Gasteiger charge is 2.03. The van der Waals surface area contributed by atoms with Crippen LogP contribution in [0.1, 0.15) is 17.5 Å². The Morgan fingerprint density at radius 2 is 2.17 bits per heavy atom. The quantitative estimate of drug-likeness (QED) is 0.670. The molecule has 0 fully saturated rings. The Hall–Kier alpha value is -1.62. The van der Waals surface area contributed by atoms with Crippen molar-refractivity contribution in [1.29, 1.82) is 0 Å². The van der Waals surface area contributed by atoms with Crippen molar-refractivity contribution in [2.24, 2.45) is 0 Å². The maximum Gasteiger partial charge on any atom is 0.328 e. The summed E-state index contributed by atoms with van der Waals surface area (Å²) >= 11 is 3.36. The van der Waals surface area contributed by atoms with Crippen LogP contribution in [0.2, 0.25) is 0 Å². The molecule has 1 aromatic carbocycles. The van der Waals surface area contributed by atoms with Crippen LogP contribution in [0.25, 0.3) is 6.08 Å². The van der Waals surface area contributed by atoms with Gasteiger partial charge >= 0.3 is 11.9 Å². The highest BCUT2D eigenvalue weighted by atomic mass is 79.9. The first-order chi connectivity index (χ1) is 8.52. The first-order valence-corrected chi connectivity index (χ1v) is 6.08. The Kier molecular flexibility index (Phi) is 5.58. The van der Waals surface area contributed by atoms with Gasteiger partial charge in [-0.1, -0.05) is 28.1 Å². The minimum atomic E-state index is -0.989. The topological polar surface area (TPSA) is 63.6 Å². The summed E-state index contributed by atoms with van der Waals surface area (Å²) in [4.78, 5) is 21.4. The Morgan fingerprint density at radius 1 is 1.44 bits per heavy atom. The summed E-state index contributed by atoms with van der Waals surface area (Å²) in [7, 11) is 1.36. The van der Waals surface area contributed by atoms with Gasteiger partial charge in [0, 0.05) is 17.0 Å². The van der Waals surface area contributed by atoms with Crippen molar-refractivity contribution in [3.05, 3.63) is 39.9 Å². The highest BCUT2D eigenvalue weighted by molar-refractivity contribution is 9.10. The molecular formula is C13H13BrO4. The van der Waals surface area contributed by atoms with Crippen LogP contribution in [0.5, 0.6) is 0 Å². The average Bonchev–Trinajstić information content (AvgIpc) is 2.34. The molecule has 0 heterocycles. The van der Waals surface area contributed by atoms with E-state index in [9.17, 15) is 9.59 Å². The molecule has 0 saturated carbocycles. The van der Waals surface area contributed by atoms with E-state index in [1.807, 2.05) is 12.1 Å². The predicted octanol–water partition coefficient (Wildman–Crippen LogP) is 2.65. The number of halogens is 1. The van der Waals surface area contributed by atoms with Crippen molar-refractivity contribution in [2.75, 3.05) is 7.11 Å². The number of carbonyl (C=O) groups excluding carboxylic acids is 1. The summed E-state index contributed by atoms with van der Waals surface area (Å²) in [6.07, 6.45) is 3.51. The fraction of sp³-hybridized carbons (Fsp3) is 0.231. The van der Waals surface area contributed by atoms with Gasteiger partial charge in [0.15, 0.2) is 0 Å². The molecule has 0 radical (unpaired) electrons. The number of esters is 1. The molecule has 0 saturated heterocycles. The fourth-order valence-corrected chi connectivity index (χ4v) is 1.93. The van der Waals surface area contributed by atoms with E-state index in [1.165, 1.54) is 13.2 Å². The minimum Gasteiger partial charge on any atom is -0.478 e. The Morgan fingerprint density at radius 3 is 2.72 bits per heavy atom. The van der Waals surface area contributed by atoms with Crippen LogP contribution in [-0.4, -0.2) is 24.2 Å². The van der Waals surface area contributed by atoms with E-state index >= 15 is 0 Å². The monoisotopic (exact) mass is 312 g/mol. The molecule has 0 aliphatic rings. The summed E-state index contributed by atoms with van der Waals surface area (Å²) in [5, 5.41) is 8.54. The van der Waals surface area contributed by atoms with Crippen LogP contribution in [0.15, 0.2) is 28.7 Å². The SMILES string of the molecule is COC(=O)CCc1ccc(/C=C/C(=O)O)c(Br)c1. The maximum absolute atomic E-state index is 11.0. The van der Waals surface area contributed by atoms with Gasteiger partial charge in [-0.05, 0) is 29.7 Å². The summed E-state index contributed by atoms with van der Waals surface area (Å²) in [5.41, 5.74) is 1.76. The molecule has 0 atom stereocenters. The molecule has 5 heteroatoms. The zero-order valence-corrected chi connectivity index (χ0v) is 11.4. The van der Waals surface area contributed by atoms with Crippen LogP contribution in [0, 0.1) is 0 Å². The van der Waals surface area contributed by atoms with E-state index in [2.05, 4.69) is 20.7 Å².